The zero-order valence-corrected chi connectivity index (χ0v) is 17.8. The molecule has 0 radical (unpaired) electrons. The van der Waals surface area contributed by atoms with E-state index in [9.17, 15) is 9.59 Å². The molecule has 1 N–H and O–H groups in total. The number of amides is 1. The van der Waals surface area contributed by atoms with E-state index in [2.05, 4.69) is 51.4 Å². The molecule has 1 fully saturated rings. The molecule has 6 heteroatoms. The van der Waals surface area contributed by atoms with Crippen LogP contribution < -0.4 is 10.2 Å². The van der Waals surface area contributed by atoms with Gasteiger partial charge in [-0.05, 0) is 49.1 Å². The lowest BCUT2D eigenvalue weighted by Crippen LogP contribution is -2.33. The maximum Gasteiger partial charge on any atom is 0.226 e. The molecule has 0 unspecified atom stereocenters. The average molecular weight is 415 g/mol. The van der Waals surface area contributed by atoms with Crippen LogP contribution in [0, 0.1) is 12.3 Å². The number of aromatic nitrogens is 2. The number of nitrogens with one attached hydrogen (secondary N) is 1. The number of para-hydroxylation sites is 1. The van der Waals surface area contributed by atoms with Gasteiger partial charge in [0.25, 0.3) is 0 Å². The van der Waals surface area contributed by atoms with Crippen LogP contribution in [-0.4, -0.2) is 28.7 Å². The number of benzene rings is 2. The fourth-order valence-electron chi connectivity index (χ4n) is 3.77. The number of rotatable bonds is 8. The zero-order chi connectivity index (χ0) is 21.8. The van der Waals surface area contributed by atoms with Gasteiger partial charge in [0.2, 0.25) is 5.91 Å². The quantitative estimate of drug-likeness (QED) is 0.559. The summed E-state index contributed by atoms with van der Waals surface area (Å²) in [7, 11) is 2.05. The van der Waals surface area contributed by atoms with Crippen molar-refractivity contribution in [3.8, 4) is 0 Å². The molecule has 6 nitrogen and oxygen atoms in total. The van der Waals surface area contributed by atoms with E-state index in [-0.39, 0.29) is 18.1 Å². The third-order valence-corrected chi connectivity index (χ3v) is 5.97. The third kappa shape index (κ3) is 4.63. The molecule has 2 aromatic carbocycles. The molecule has 4 rings (SSSR count). The summed E-state index contributed by atoms with van der Waals surface area (Å²) >= 11 is 0. The second-order valence-electron chi connectivity index (χ2n) is 8.20. The first-order valence-electron chi connectivity index (χ1n) is 10.4. The van der Waals surface area contributed by atoms with Crippen LogP contribution in [0.3, 0.4) is 0 Å². The fourth-order valence-corrected chi connectivity index (χ4v) is 3.77. The van der Waals surface area contributed by atoms with E-state index < -0.39 is 5.41 Å². The van der Waals surface area contributed by atoms with Gasteiger partial charge in [0.15, 0.2) is 5.78 Å². The van der Waals surface area contributed by atoms with Crippen molar-refractivity contribution in [3.05, 3.63) is 83.9 Å². The van der Waals surface area contributed by atoms with Gasteiger partial charge in [-0.25, -0.2) is 9.97 Å². The second-order valence-corrected chi connectivity index (χ2v) is 8.20. The van der Waals surface area contributed by atoms with Gasteiger partial charge in [-0.3, -0.25) is 9.59 Å². The van der Waals surface area contributed by atoms with Gasteiger partial charge in [0.1, 0.15) is 6.33 Å². The number of anilines is 2. The van der Waals surface area contributed by atoms with Crippen molar-refractivity contribution >= 4 is 23.1 Å². The normalized spacial score (nSPS) is 14.0. The molecular formula is C25H26N4O2. The molecule has 0 bridgehead atoms. The van der Waals surface area contributed by atoms with E-state index in [0.29, 0.717) is 12.1 Å². The van der Waals surface area contributed by atoms with Gasteiger partial charge in [0.05, 0.1) is 11.0 Å². The van der Waals surface area contributed by atoms with Crippen LogP contribution in [0.25, 0.3) is 0 Å². The van der Waals surface area contributed by atoms with Crippen molar-refractivity contribution in [1.29, 1.82) is 0 Å². The molecule has 158 valence electrons. The Balaban J connectivity index is 1.34. The molecule has 1 heterocycles. The molecule has 0 atom stereocenters. The average Bonchev–Trinajstić information content (AvgIpc) is 3.59. The molecule has 1 aromatic heterocycles. The highest BCUT2D eigenvalue weighted by molar-refractivity contribution is 6.00. The van der Waals surface area contributed by atoms with E-state index in [1.807, 2.05) is 31.3 Å². The molecule has 0 saturated heterocycles. The van der Waals surface area contributed by atoms with Gasteiger partial charge in [0, 0.05) is 43.8 Å². The Hall–Kier alpha value is -3.54. The van der Waals surface area contributed by atoms with Gasteiger partial charge in [-0.2, -0.15) is 0 Å². The number of Topliss-reactive ketones (excluding diaryl/α,β-unsaturated/α-hetero) is 1. The minimum atomic E-state index is -0.585. The summed E-state index contributed by atoms with van der Waals surface area (Å²) in [5.74, 6) is -0.143. The number of carbonyl (C=O) groups is 2. The standard InChI is InChI=1S/C25H26N4O2/c1-18-5-3-4-6-22(18)29(2)21-9-7-19(8-10-21)14-28-24(31)25(11-12-25)13-23(30)20-15-26-17-27-16-20/h3-10,15-17H,11-14H2,1-2H3,(H,28,31). The first-order chi connectivity index (χ1) is 15.0. The lowest BCUT2D eigenvalue weighted by atomic mass is 9.95. The van der Waals surface area contributed by atoms with E-state index in [0.717, 1.165) is 29.8 Å². The van der Waals surface area contributed by atoms with Gasteiger partial charge < -0.3 is 10.2 Å². The Morgan fingerprint density at radius 2 is 1.71 bits per heavy atom. The van der Waals surface area contributed by atoms with Gasteiger partial charge >= 0.3 is 0 Å². The maximum atomic E-state index is 12.8. The van der Waals surface area contributed by atoms with E-state index in [1.54, 1.807) is 0 Å². The first kappa shape index (κ1) is 20.7. The first-order valence-corrected chi connectivity index (χ1v) is 10.4. The van der Waals surface area contributed by atoms with Crippen LogP contribution in [0.4, 0.5) is 11.4 Å². The molecule has 31 heavy (non-hydrogen) atoms. The molecule has 3 aromatic rings. The van der Waals surface area contributed by atoms with Crippen molar-refractivity contribution in [1.82, 2.24) is 15.3 Å². The number of hydrogen-bond donors (Lipinski definition) is 1. The summed E-state index contributed by atoms with van der Waals surface area (Å²) < 4.78 is 0. The SMILES string of the molecule is Cc1ccccc1N(C)c1ccc(CNC(=O)C2(CC(=O)c3cncnc3)CC2)cc1. The number of carbonyl (C=O) groups excluding carboxylic acids is 2. The Morgan fingerprint density at radius 1 is 1.03 bits per heavy atom. The number of aryl methyl sites for hydroxylation is 1. The van der Waals surface area contributed by atoms with Crippen molar-refractivity contribution < 1.29 is 9.59 Å². The Morgan fingerprint density at radius 3 is 2.35 bits per heavy atom. The van der Waals surface area contributed by atoms with Crippen LogP contribution >= 0.6 is 0 Å². The maximum absolute atomic E-state index is 12.8. The van der Waals surface area contributed by atoms with Crippen LogP contribution in [0.15, 0.2) is 67.3 Å². The fraction of sp³-hybridized carbons (Fsp3) is 0.280. The molecule has 1 amide bonds. The number of nitrogens with zero attached hydrogens (tertiary/aromatic N) is 3. The summed E-state index contributed by atoms with van der Waals surface area (Å²) in [5.41, 5.74) is 4.35. The van der Waals surface area contributed by atoms with Crippen molar-refractivity contribution in [3.63, 3.8) is 0 Å². The predicted octanol–water partition coefficient (Wildman–Crippen LogP) is 4.22. The molecule has 1 aliphatic rings. The predicted molar refractivity (Wildman–Crippen MR) is 120 cm³/mol. The van der Waals surface area contributed by atoms with E-state index >= 15 is 0 Å². The van der Waals surface area contributed by atoms with Crippen LogP contribution in [0.1, 0.15) is 40.7 Å². The minimum absolute atomic E-state index is 0.0567. The Kier molecular flexibility index (Phi) is 5.80. The third-order valence-electron chi connectivity index (χ3n) is 5.97. The second kappa shape index (κ2) is 8.68. The highest BCUT2D eigenvalue weighted by Crippen LogP contribution is 2.49. The lowest BCUT2D eigenvalue weighted by molar-refractivity contribution is -0.126. The largest absolute Gasteiger partial charge is 0.352 e. The monoisotopic (exact) mass is 414 g/mol. The van der Waals surface area contributed by atoms with Crippen molar-refractivity contribution in [2.24, 2.45) is 5.41 Å². The summed E-state index contributed by atoms with van der Waals surface area (Å²) in [6.45, 7) is 2.54. The van der Waals surface area contributed by atoms with E-state index in [4.69, 9.17) is 0 Å². The van der Waals surface area contributed by atoms with E-state index in [1.165, 1.54) is 24.3 Å². The van der Waals surface area contributed by atoms with Crippen LogP contribution in [0.2, 0.25) is 0 Å². The Bertz CT molecular complexity index is 1080. The number of hydrogen-bond acceptors (Lipinski definition) is 5. The highest BCUT2D eigenvalue weighted by Gasteiger charge is 2.50. The summed E-state index contributed by atoms with van der Waals surface area (Å²) in [6.07, 6.45) is 6.06. The molecule has 0 spiro atoms. The molecule has 0 aliphatic heterocycles. The topological polar surface area (TPSA) is 75.2 Å². The van der Waals surface area contributed by atoms with Crippen LogP contribution in [0.5, 0.6) is 0 Å². The molecule has 1 aliphatic carbocycles. The van der Waals surface area contributed by atoms with Crippen molar-refractivity contribution in [2.75, 3.05) is 11.9 Å². The lowest BCUT2D eigenvalue weighted by Gasteiger charge is -2.22. The highest BCUT2D eigenvalue weighted by atomic mass is 16.2. The summed E-state index contributed by atoms with van der Waals surface area (Å²) in [6, 6.07) is 16.4. The van der Waals surface area contributed by atoms with Gasteiger partial charge in [-0.1, -0.05) is 30.3 Å². The Labute approximate surface area is 182 Å². The number of ketones is 1. The summed E-state index contributed by atoms with van der Waals surface area (Å²) in [4.78, 5) is 35.1. The van der Waals surface area contributed by atoms with Crippen LogP contribution in [-0.2, 0) is 11.3 Å². The minimum Gasteiger partial charge on any atom is -0.352 e. The van der Waals surface area contributed by atoms with Gasteiger partial charge in [-0.15, -0.1) is 0 Å². The molecule has 1 saturated carbocycles. The smallest absolute Gasteiger partial charge is 0.226 e. The molecular weight excluding hydrogens is 388 g/mol. The van der Waals surface area contributed by atoms with Crippen molar-refractivity contribution in [2.45, 2.75) is 32.7 Å². The zero-order valence-electron chi connectivity index (χ0n) is 17.8. The summed E-state index contributed by atoms with van der Waals surface area (Å²) in [5, 5.41) is 3.01.